The summed E-state index contributed by atoms with van der Waals surface area (Å²) in [5, 5.41) is 10.6. The third kappa shape index (κ3) is 7.29. The zero-order valence-corrected chi connectivity index (χ0v) is 30.1. The van der Waals surface area contributed by atoms with Crippen LogP contribution in [0.3, 0.4) is 0 Å². The van der Waals surface area contributed by atoms with Crippen molar-refractivity contribution in [3.05, 3.63) is 138 Å². The van der Waals surface area contributed by atoms with Crippen LogP contribution in [0, 0.1) is 43.0 Å². The first-order valence-corrected chi connectivity index (χ1v) is 21.7. The molecule has 0 unspecified atom stereocenters. The molecule has 7 heteroatoms. The maximum atomic E-state index is 12.6. The van der Waals surface area contributed by atoms with E-state index in [1.165, 1.54) is 24.4 Å². The molecule has 0 saturated carbocycles. The minimum atomic E-state index is -2.64. The number of halogens is 1. The summed E-state index contributed by atoms with van der Waals surface area (Å²) in [6.07, 6.45) is 2.89. The van der Waals surface area contributed by atoms with Crippen LogP contribution in [0.25, 0.3) is 55.6 Å². The Bertz CT molecular complexity index is 2560. The topological polar surface area (TPSA) is 62.7 Å². The van der Waals surface area contributed by atoms with E-state index < -0.39 is 27.0 Å². The van der Waals surface area contributed by atoms with Crippen LogP contribution < -0.4 is 4.40 Å². The number of aryl methyl sites for hydroxylation is 2. The average molecular weight is 863 g/mol. The van der Waals surface area contributed by atoms with E-state index in [9.17, 15) is 9.65 Å². The van der Waals surface area contributed by atoms with E-state index in [4.69, 9.17) is 15.4 Å². The first kappa shape index (κ1) is 24.7. The van der Waals surface area contributed by atoms with Gasteiger partial charge >= 0.3 is 184 Å². The Morgan fingerprint density at radius 3 is 2.47 bits per heavy atom. The number of rotatable bonds is 4. The second kappa shape index (κ2) is 14.2. The first-order valence-electron chi connectivity index (χ1n) is 18.4. The Kier molecular flexibility index (Phi) is 7.44. The van der Waals surface area contributed by atoms with Crippen molar-refractivity contribution in [3.63, 3.8) is 0 Å². The number of furan rings is 1. The SMILES string of the molecule is Fc1c[c-]c(-c2ccccn2)cc1.[2H]c1c[c]([Ge]([CH3])([CH3])[CH3])cc(C([2H])([2H])[2H])c1-c1cc(-c2[c-]ccc3c2oc2c([2H])c(C#N)ccc23)ncc1C([2H])([2H])[2H].[Ir]. The van der Waals surface area contributed by atoms with Crippen molar-refractivity contribution in [2.75, 3.05) is 0 Å². The van der Waals surface area contributed by atoms with Crippen molar-refractivity contribution < 1.29 is 39.9 Å². The Morgan fingerprint density at radius 2 is 1.77 bits per heavy atom. The van der Waals surface area contributed by atoms with Gasteiger partial charge in [0.1, 0.15) is 0 Å². The number of aromatic nitrogens is 2. The van der Waals surface area contributed by atoms with Crippen LogP contribution >= 0.6 is 0 Å². The first-order chi connectivity index (χ1) is 25.4. The summed E-state index contributed by atoms with van der Waals surface area (Å²) >= 11 is -2.57. The molecular formula is C40H32FGeIrN3O-2. The molecule has 0 bridgehead atoms. The molecule has 4 aromatic carbocycles. The van der Waals surface area contributed by atoms with Gasteiger partial charge in [-0.2, -0.15) is 5.26 Å². The number of hydrogen-bond acceptors (Lipinski definition) is 4. The summed E-state index contributed by atoms with van der Waals surface area (Å²) in [6.45, 7) is -5.24. The van der Waals surface area contributed by atoms with Gasteiger partial charge in [0.15, 0.2) is 0 Å². The standard InChI is InChI=1S/C29H25GeN2O.C11H7FN.Ir/c1-18-13-21(30(3,4)5)10-12-22(18)26-15-27(32-17-19(26)2)25-8-6-7-24-23-11-9-20(16-31)14-28(23)33-29(24)25;12-10-6-4-9(5-7-10)11-3-1-2-8-13-11;/h6-7,9-15,17H,1-5H3;1-4,6-8H;/q2*-1;/i1D3,2D3,12D,14D;;. The van der Waals surface area contributed by atoms with Gasteiger partial charge in [0.05, 0.1) is 13.0 Å². The third-order valence-corrected chi connectivity index (χ3v) is 11.7. The molecule has 0 N–H and O–H groups in total. The molecule has 7 rings (SSSR count). The summed E-state index contributed by atoms with van der Waals surface area (Å²) in [5.74, 6) is 6.02. The molecule has 0 fully saturated rings. The van der Waals surface area contributed by atoms with Crippen LogP contribution in [0.1, 0.15) is 27.7 Å². The molecule has 3 aromatic heterocycles. The molecule has 0 aliphatic carbocycles. The number of nitriles is 1. The molecule has 0 amide bonds. The van der Waals surface area contributed by atoms with Crippen LogP contribution in [0.2, 0.25) is 17.3 Å². The largest absolute Gasteiger partial charge is 0 e. The van der Waals surface area contributed by atoms with Crippen molar-refractivity contribution in [2.45, 2.75) is 31.0 Å². The number of hydrogen-bond donors (Lipinski definition) is 0. The van der Waals surface area contributed by atoms with Gasteiger partial charge in [-0.1, -0.05) is 12.1 Å². The Labute approximate surface area is 302 Å². The third-order valence-electron chi connectivity index (χ3n) is 7.43. The zero-order chi connectivity index (χ0) is 39.2. The Balaban J connectivity index is 0.000000349. The van der Waals surface area contributed by atoms with E-state index in [1.807, 2.05) is 24.3 Å². The van der Waals surface area contributed by atoms with Crippen LogP contribution in [-0.4, -0.2) is 23.2 Å². The molecule has 7 aromatic rings. The van der Waals surface area contributed by atoms with E-state index in [2.05, 4.69) is 39.4 Å². The van der Waals surface area contributed by atoms with Crippen molar-refractivity contribution in [1.82, 2.24) is 9.97 Å². The summed E-state index contributed by atoms with van der Waals surface area (Å²) in [7, 11) is 0. The van der Waals surface area contributed by atoms with E-state index in [-0.39, 0.29) is 77.1 Å². The van der Waals surface area contributed by atoms with E-state index in [1.54, 1.807) is 48.7 Å². The average Bonchev–Trinajstić information content (AvgIpc) is 3.51. The minimum Gasteiger partial charge on any atom is 0 e. The quantitative estimate of drug-likeness (QED) is 0.131. The molecule has 3 heterocycles. The second-order valence-corrected chi connectivity index (χ2v) is 22.3. The maximum absolute atomic E-state index is 12.6. The van der Waals surface area contributed by atoms with Crippen LogP contribution in [0.4, 0.5) is 4.39 Å². The smallest absolute Gasteiger partial charge is 0 e. The maximum Gasteiger partial charge on any atom is 0 e. The van der Waals surface area contributed by atoms with Crippen molar-refractivity contribution in [1.29, 1.82) is 5.26 Å². The number of fused-ring (bicyclic) bond motifs is 3. The fourth-order valence-electron chi connectivity index (χ4n) is 4.97. The minimum absolute atomic E-state index is 0. The van der Waals surface area contributed by atoms with Gasteiger partial charge in [-0.15, -0.1) is 29.8 Å². The predicted molar refractivity (Wildman–Crippen MR) is 187 cm³/mol. The number of nitrogens with zero attached hydrogens (tertiary/aromatic N) is 3. The van der Waals surface area contributed by atoms with Crippen LogP contribution in [0.15, 0.2) is 108 Å². The second-order valence-electron chi connectivity index (χ2n) is 11.6. The van der Waals surface area contributed by atoms with E-state index >= 15 is 0 Å². The molecule has 4 nitrogen and oxygen atoms in total. The molecule has 0 aliphatic rings. The van der Waals surface area contributed by atoms with Crippen LogP contribution in [0.5, 0.6) is 0 Å². The molecular weight excluding hydrogens is 822 g/mol. The van der Waals surface area contributed by atoms with Gasteiger partial charge in [0.2, 0.25) is 0 Å². The molecule has 1 radical (unpaired) electrons. The number of benzene rings is 4. The van der Waals surface area contributed by atoms with Gasteiger partial charge in [-0.3, -0.25) is 4.39 Å². The molecule has 0 aliphatic heterocycles. The summed E-state index contributed by atoms with van der Waals surface area (Å²) in [4.78, 5) is 8.54. The van der Waals surface area contributed by atoms with Gasteiger partial charge < -0.3 is 4.98 Å². The van der Waals surface area contributed by atoms with Crippen molar-refractivity contribution in [3.8, 4) is 39.7 Å². The number of pyridine rings is 2. The van der Waals surface area contributed by atoms with Gasteiger partial charge in [0, 0.05) is 32.1 Å². The normalized spacial score (nSPS) is 14.0. The Morgan fingerprint density at radius 1 is 0.915 bits per heavy atom. The Hall–Kier alpha value is -4.41. The van der Waals surface area contributed by atoms with Crippen molar-refractivity contribution in [2.24, 2.45) is 0 Å². The van der Waals surface area contributed by atoms with Gasteiger partial charge in [0.25, 0.3) is 0 Å². The molecule has 235 valence electrons. The zero-order valence-electron chi connectivity index (χ0n) is 33.6. The summed E-state index contributed by atoms with van der Waals surface area (Å²) < 4.78 is 86.1. The van der Waals surface area contributed by atoms with Gasteiger partial charge in [-0.05, 0) is 17.8 Å². The molecule has 47 heavy (non-hydrogen) atoms. The van der Waals surface area contributed by atoms with Gasteiger partial charge in [-0.25, -0.2) is 0 Å². The summed E-state index contributed by atoms with van der Waals surface area (Å²) in [5.41, 5.74) is 2.83. The molecule has 0 spiro atoms. The van der Waals surface area contributed by atoms with Crippen molar-refractivity contribution >= 4 is 39.6 Å². The molecule has 0 saturated heterocycles. The molecule has 0 atom stereocenters. The predicted octanol–water partition coefficient (Wildman–Crippen LogP) is 9.83. The fourth-order valence-corrected chi connectivity index (χ4v) is 7.24. The monoisotopic (exact) mass is 864 g/mol. The van der Waals surface area contributed by atoms with Crippen LogP contribution in [-0.2, 0) is 20.1 Å². The van der Waals surface area contributed by atoms with E-state index in [0.717, 1.165) is 15.7 Å². The fraction of sp³-hybridized carbons (Fsp3) is 0.125. The van der Waals surface area contributed by atoms with E-state index in [0.29, 0.717) is 21.9 Å². The summed E-state index contributed by atoms with van der Waals surface area (Å²) in [6, 6.07) is 29.1.